The molecule has 0 fully saturated rings. The summed E-state index contributed by atoms with van der Waals surface area (Å²) in [5.74, 6) is -12.8. The van der Waals surface area contributed by atoms with Crippen LogP contribution in [-0.4, -0.2) is 24.8 Å². The highest BCUT2D eigenvalue weighted by atomic mass is 19.3. The van der Waals surface area contributed by atoms with Gasteiger partial charge in [-0.3, -0.25) is 14.5 Å². The zero-order valence-electron chi connectivity index (χ0n) is 14.1. The number of alkyl halides is 2. The van der Waals surface area contributed by atoms with Gasteiger partial charge in [0.1, 0.15) is 5.82 Å². The number of carbonyl (C=O) groups is 2. The molecule has 0 bridgehead atoms. The highest BCUT2D eigenvalue weighted by molar-refractivity contribution is 6.02. The van der Waals surface area contributed by atoms with Gasteiger partial charge in [-0.15, -0.1) is 0 Å². The Bertz CT molecular complexity index is 1120. The molecule has 0 saturated carbocycles. The minimum atomic E-state index is -4.48. The number of hydrogen-bond acceptors (Lipinski definition) is 3. The third-order valence-corrected chi connectivity index (χ3v) is 3.95. The van der Waals surface area contributed by atoms with E-state index in [0.717, 1.165) is 0 Å². The third kappa shape index (κ3) is 3.22. The Kier molecular flexibility index (Phi) is 5.15. The second-order valence-corrected chi connectivity index (χ2v) is 5.69. The van der Waals surface area contributed by atoms with E-state index in [1.165, 1.54) is 0 Å². The zero-order valence-corrected chi connectivity index (χ0v) is 14.1. The Labute approximate surface area is 161 Å². The standard InChI is InChI=1S/C18H5F8NO3/c19-8-6-10-9(27(3-1-2-4-28)17(29)18(25,26)30-10)5-7(8)11-12(20)14(22)16(24)15(23)13(11)21/h4-6H,3H2. The average Bonchev–Trinajstić information content (AvgIpc) is 2.69. The molecule has 156 valence electrons. The summed E-state index contributed by atoms with van der Waals surface area (Å²) in [4.78, 5) is 22.4. The first-order valence-electron chi connectivity index (χ1n) is 7.67. The minimum Gasteiger partial charge on any atom is -0.423 e. The van der Waals surface area contributed by atoms with Gasteiger partial charge in [0.2, 0.25) is 5.82 Å². The Morgan fingerprint density at radius 3 is 2.10 bits per heavy atom. The van der Waals surface area contributed by atoms with Crippen molar-refractivity contribution in [3.05, 3.63) is 47.0 Å². The molecule has 0 radical (unpaired) electrons. The summed E-state index contributed by atoms with van der Waals surface area (Å²) >= 11 is 0. The van der Waals surface area contributed by atoms with Gasteiger partial charge in [-0.2, -0.15) is 8.78 Å². The highest BCUT2D eigenvalue weighted by Crippen LogP contribution is 2.44. The molecule has 1 aliphatic rings. The minimum absolute atomic E-state index is 0.0783. The number of benzene rings is 2. The third-order valence-electron chi connectivity index (χ3n) is 3.95. The van der Waals surface area contributed by atoms with Crippen LogP contribution in [0.1, 0.15) is 0 Å². The average molecular weight is 435 g/mol. The molecule has 0 unspecified atom stereocenters. The van der Waals surface area contributed by atoms with E-state index in [0.29, 0.717) is 6.07 Å². The van der Waals surface area contributed by atoms with E-state index < -0.39 is 76.0 Å². The molecule has 12 heteroatoms. The number of nitrogens with zero attached hydrogens (tertiary/aromatic N) is 1. The Morgan fingerprint density at radius 1 is 0.967 bits per heavy atom. The lowest BCUT2D eigenvalue weighted by atomic mass is 10.0. The molecule has 0 spiro atoms. The van der Waals surface area contributed by atoms with Crippen LogP contribution in [-0.2, 0) is 9.59 Å². The first-order chi connectivity index (χ1) is 14.0. The highest BCUT2D eigenvalue weighted by Gasteiger charge is 2.50. The fraction of sp³-hybridized carbons (Fsp3) is 0.111. The summed E-state index contributed by atoms with van der Waals surface area (Å²) in [6, 6.07) is 0.571. The molecule has 1 aliphatic heterocycles. The van der Waals surface area contributed by atoms with E-state index >= 15 is 0 Å². The van der Waals surface area contributed by atoms with Crippen molar-refractivity contribution >= 4 is 17.9 Å². The number of amides is 1. The van der Waals surface area contributed by atoms with E-state index in [9.17, 15) is 44.7 Å². The van der Waals surface area contributed by atoms with Crippen molar-refractivity contribution in [1.82, 2.24) is 0 Å². The number of aldehydes is 1. The van der Waals surface area contributed by atoms with Gasteiger partial charge < -0.3 is 4.74 Å². The van der Waals surface area contributed by atoms with E-state index in [4.69, 9.17) is 0 Å². The van der Waals surface area contributed by atoms with Crippen LogP contribution >= 0.6 is 0 Å². The molecule has 0 aliphatic carbocycles. The van der Waals surface area contributed by atoms with Gasteiger partial charge in [0.15, 0.2) is 35.3 Å². The van der Waals surface area contributed by atoms with E-state index in [2.05, 4.69) is 4.74 Å². The lowest BCUT2D eigenvalue weighted by Gasteiger charge is -2.32. The number of carbonyl (C=O) groups excluding carboxylic acids is 2. The first kappa shape index (κ1) is 21.1. The maximum absolute atomic E-state index is 14.4. The molecule has 2 aromatic rings. The van der Waals surface area contributed by atoms with Crippen molar-refractivity contribution in [2.45, 2.75) is 6.11 Å². The molecule has 0 aromatic heterocycles. The molecule has 0 saturated heterocycles. The van der Waals surface area contributed by atoms with Crippen molar-refractivity contribution < 1.29 is 49.4 Å². The van der Waals surface area contributed by atoms with Crippen LogP contribution in [0.3, 0.4) is 0 Å². The van der Waals surface area contributed by atoms with Gasteiger partial charge in [-0.05, 0) is 12.0 Å². The number of halogens is 8. The molecule has 2 aromatic carbocycles. The molecule has 30 heavy (non-hydrogen) atoms. The SMILES string of the molecule is O=CC#CCN1C(=O)C(F)(F)Oc2cc(F)c(-c3c(F)c(F)c(F)c(F)c3F)cc21. The molecular formula is C18H5F8NO3. The number of ether oxygens (including phenoxy) is 1. The van der Waals surface area contributed by atoms with Crippen molar-refractivity contribution in [1.29, 1.82) is 0 Å². The van der Waals surface area contributed by atoms with Gasteiger partial charge in [-0.1, -0.05) is 5.92 Å². The van der Waals surface area contributed by atoms with Crippen molar-refractivity contribution in [2.24, 2.45) is 0 Å². The summed E-state index contributed by atoms with van der Waals surface area (Å²) in [6.07, 6.45) is -4.40. The monoisotopic (exact) mass is 435 g/mol. The first-order valence-corrected chi connectivity index (χ1v) is 7.67. The molecule has 0 N–H and O–H groups in total. The maximum atomic E-state index is 14.4. The number of anilines is 1. The van der Waals surface area contributed by atoms with Gasteiger partial charge in [0, 0.05) is 11.6 Å². The van der Waals surface area contributed by atoms with Gasteiger partial charge in [0.25, 0.3) is 0 Å². The predicted molar refractivity (Wildman–Crippen MR) is 83.4 cm³/mol. The zero-order chi connectivity index (χ0) is 22.4. The van der Waals surface area contributed by atoms with E-state index in [-0.39, 0.29) is 17.3 Å². The molecule has 1 heterocycles. The fourth-order valence-electron chi connectivity index (χ4n) is 2.64. The summed E-state index contributed by atoms with van der Waals surface area (Å²) in [5.41, 5.74) is -3.61. The fourth-order valence-corrected chi connectivity index (χ4v) is 2.64. The summed E-state index contributed by atoms with van der Waals surface area (Å²) < 4.78 is 114. The van der Waals surface area contributed by atoms with Crippen LogP contribution in [0, 0.1) is 46.7 Å². The lowest BCUT2D eigenvalue weighted by molar-refractivity contribution is -0.192. The Balaban J connectivity index is 2.28. The number of hydrogen-bond donors (Lipinski definition) is 0. The molecule has 3 rings (SSSR count). The molecule has 0 atom stereocenters. The second-order valence-electron chi connectivity index (χ2n) is 5.69. The number of fused-ring (bicyclic) bond motifs is 1. The normalized spacial score (nSPS) is 14.5. The topological polar surface area (TPSA) is 46.6 Å². The summed E-state index contributed by atoms with van der Waals surface area (Å²) in [6.45, 7) is -0.855. The molecule has 1 amide bonds. The van der Waals surface area contributed by atoms with Crippen LogP contribution in [0.25, 0.3) is 11.1 Å². The van der Waals surface area contributed by atoms with Crippen LogP contribution in [0.5, 0.6) is 5.75 Å². The van der Waals surface area contributed by atoms with Crippen molar-refractivity contribution in [2.75, 3.05) is 11.4 Å². The van der Waals surface area contributed by atoms with Crippen LogP contribution in [0.4, 0.5) is 40.8 Å². The summed E-state index contributed by atoms with van der Waals surface area (Å²) in [7, 11) is 0. The largest absolute Gasteiger partial charge is 0.483 e. The summed E-state index contributed by atoms with van der Waals surface area (Å²) in [5, 5.41) is 0. The molecule has 4 nitrogen and oxygen atoms in total. The maximum Gasteiger partial charge on any atom is 0.483 e. The van der Waals surface area contributed by atoms with Crippen LogP contribution in [0.2, 0.25) is 0 Å². The van der Waals surface area contributed by atoms with E-state index in [1.807, 2.05) is 11.8 Å². The smallest absolute Gasteiger partial charge is 0.423 e. The second kappa shape index (κ2) is 7.33. The lowest BCUT2D eigenvalue weighted by Crippen LogP contribution is -2.51. The van der Waals surface area contributed by atoms with Crippen LogP contribution < -0.4 is 9.64 Å². The van der Waals surface area contributed by atoms with Gasteiger partial charge in [-0.25, -0.2) is 26.3 Å². The Hall–Kier alpha value is -3.62. The molecular weight excluding hydrogens is 430 g/mol. The van der Waals surface area contributed by atoms with E-state index in [1.54, 1.807) is 0 Å². The quantitative estimate of drug-likeness (QED) is 0.238. The number of rotatable bonds is 2. The van der Waals surface area contributed by atoms with Crippen molar-refractivity contribution in [3.8, 4) is 28.7 Å². The van der Waals surface area contributed by atoms with Gasteiger partial charge >= 0.3 is 12.0 Å². The Morgan fingerprint density at radius 2 is 1.53 bits per heavy atom. The van der Waals surface area contributed by atoms with Crippen molar-refractivity contribution in [3.63, 3.8) is 0 Å². The van der Waals surface area contributed by atoms with Crippen LogP contribution in [0.15, 0.2) is 12.1 Å². The predicted octanol–water partition coefficient (Wildman–Crippen LogP) is 3.71. The van der Waals surface area contributed by atoms with Gasteiger partial charge in [0.05, 0.1) is 17.8 Å².